The summed E-state index contributed by atoms with van der Waals surface area (Å²) in [4.78, 5) is 2.33. The zero-order valence-electron chi connectivity index (χ0n) is 28.7. The Balaban J connectivity index is 1.08. The lowest BCUT2D eigenvalue weighted by Gasteiger charge is -2.26. The Labute approximate surface area is 310 Å². The summed E-state index contributed by atoms with van der Waals surface area (Å²) in [5, 5.41) is 9.72. The van der Waals surface area contributed by atoms with Gasteiger partial charge in [0.2, 0.25) is 0 Å². The van der Waals surface area contributed by atoms with Crippen LogP contribution in [-0.2, 0) is 0 Å². The molecule has 11 aromatic rings. The lowest BCUT2D eigenvalue weighted by Crippen LogP contribution is -2.09. The molecule has 0 unspecified atom stereocenters. The van der Waals surface area contributed by atoms with Crippen LogP contribution in [0.15, 0.2) is 192 Å². The molecule has 9 aromatic carbocycles. The van der Waals surface area contributed by atoms with E-state index in [0.29, 0.717) is 0 Å². The van der Waals surface area contributed by atoms with Crippen molar-refractivity contribution in [3.63, 3.8) is 0 Å². The van der Waals surface area contributed by atoms with Crippen molar-refractivity contribution in [3.05, 3.63) is 188 Å². The number of hydrogen-bond acceptors (Lipinski definition) is 3. The van der Waals surface area contributed by atoms with Crippen LogP contribution < -0.4 is 4.90 Å². The molecule has 0 atom stereocenters. The van der Waals surface area contributed by atoms with Crippen LogP contribution >= 0.6 is 11.3 Å². The highest BCUT2D eigenvalue weighted by molar-refractivity contribution is 7.26. The summed E-state index contributed by atoms with van der Waals surface area (Å²) in [6.45, 7) is 0. The number of benzene rings is 9. The van der Waals surface area contributed by atoms with Crippen molar-refractivity contribution in [2.45, 2.75) is 0 Å². The van der Waals surface area contributed by atoms with Crippen molar-refractivity contribution in [2.24, 2.45) is 0 Å². The van der Waals surface area contributed by atoms with Gasteiger partial charge in [-0.15, -0.1) is 11.3 Å². The first-order chi connectivity index (χ1) is 26.3. The van der Waals surface area contributed by atoms with Gasteiger partial charge < -0.3 is 9.32 Å². The van der Waals surface area contributed by atoms with E-state index in [1.165, 1.54) is 64.0 Å². The van der Waals surface area contributed by atoms with Crippen molar-refractivity contribution in [2.75, 3.05) is 4.90 Å². The highest BCUT2D eigenvalue weighted by Gasteiger charge is 2.19. The Morgan fingerprint density at radius 1 is 0.377 bits per heavy atom. The molecule has 0 radical (unpaired) electrons. The fourth-order valence-corrected chi connectivity index (χ4v) is 9.42. The maximum Gasteiger partial charge on any atom is 0.143 e. The number of hydrogen-bond donors (Lipinski definition) is 0. The molecule has 0 bridgehead atoms. The van der Waals surface area contributed by atoms with E-state index in [-0.39, 0.29) is 0 Å². The molecule has 53 heavy (non-hydrogen) atoms. The molecule has 11 rings (SSSR count). The third-order valence-electron chi connectivity index (χ3n) is 10.7. The second-order valence-corrected chi connectivity index (χ2v) is 14.7. The zero-order valence-corrected chi connectivity index (χ0v) is 29.5. The van der Waals surface area contributed by atoms with Crippen LogP contribution in [0, 0.1) is 0 Å². The number of fused-ring (bicyclic) bond motifs is 11. The lowest BCUT2D eigenvalue weighted by atomic mass is 9.97. The van der Waals surface area contributed by atoms with E-state index in [2.05, 4.69) is 193 Å². The van der Waals surface area contributed by atoms with Gasteiger partial charge in [-0.25, -0.2) is 0 Å². The van der Waals surface area contributed by atoms with Crippen LogP contribution in [0.1, 0.15) is 0 Å². The Bertz CT molecular complexity index is 3150. The quantitative estimate of drug-likeness (QED) is 0.167. The Kier molecular flexibility index (Phi) is 6.76. The van der Waals surface area contributed by atoms with E-state index in [4.69, 9.17) is 4.42 Å². The minimum absolute atomic E-state index is 0.873. The number of rotatable bonds is 5. The molecule has 3 heteroatoms. The average Bonchev–Trinajstić information content (AvgIpc) is 3.81. The number of thiophene rings is 1. The molecule has 0 amide bonds. The predicted octanol–water partition coefficient (Wildman–Crippen LogP) is 15.1. The van der Waals surface area contributed by atoms with Crippen LogP contribution in [0.5, 0.6) is 0 Å². The summed E-state index contributed by atoms with van der Waals surface area (Å²) in [7, 11) is 0. The SMILES string of the molecule is c1ccc(-c2ccc(N(c3ccc(-c4cccc5c4sc4ccccc45)cc3)c3ccc4c(c3)oc3c5ccccc5c5ccccc5c43)cc2)cc1. The first kappa shape index (κ1) is 30.0. The molecule has 2 heterocycles. The minimum atomic E-state index is 0.873. The first-order valence-corrected chi connectivity index (χ1v) is 18.8. The van der Waals surface area contributed by atoms with Gasteiger partial charge in [-0.1, -0.05) is 140 Å². The topological polar surface area (TPSA) is 16.4 Å². The molecular formula is C50H31NOS. The fraction of sp³-hybridized carbons (Fsp3) is 0. The second-order valence-electron chi connectivity index (χ2n) is 13.7. The maximum atomic E-state index is 6.83. The molecule has 0 saturated carbocycles. The summed E-state index contributed by atoms with van der Waals surface area (Å²) in [6, 6.07) is 67.7. The molecular weight excluding hydrogens is 663 g/mol. The van der Waals surface area contributed by atoms with E-state index >= 15 is 0 Å². The third-order valence-corrected chi connectivity index (χ3v) is 11.9. The van der Waals surface area contributed by atoms with Crippen molar-refractivity contribution in [1.29, 1.82) is 0 Å². The third kappa shape index (κ3) is 4.78. The minimum Gasteiger partial charge on any atom is -0.455 e. The largest absolute Gasteiger partial charge is 0.455 e. The average molecular weight is 694 g/mol. The summed E-state index contributed by atoms with van der Waals surface area (Å²) in [6.07, 6.45) is 0. The van der Waals surface area contributed by atoms with Crippen LogP contribution in [0.3, 0.4) is 0 Å². The fourth-order valence-electron chi connectivity index (χ4n) is 8.18. The van der Waals surface area contributed by atoms with Crippen LogP contribution in [0.25, 0.3) is 85.9 Å². The Morgan fingerprint density at radius 3 is 1.70 bits per heavy atom. The van der Waals surface area contributed by atoms with Gasteiger partial charge >= 0.3 is 0 Å². The molecule has 0 fully saturated rings. The smallest absolute Gasteiger partial charge is 0.143 e. The van der Waals surface area contributed by atoms with Gasteiger partial charge in [-0.2, -0.15) is 0 Å². The standard InChI is InChI=1S/C50H31NOS/c1-2-11-32(12-3-1)33-21-25-35(26-22-33)51(36-27-23-34(24-28-36)38-18-10-19-44-41-15-8-9-20-47(41)53-50(38)44)37-29-30-45-46(31-37)52-49-43-17-7-5-14-40(43)39-13-4-6-16-42(39)48(45)49/h1-31H. The van der Waals surface area contributed by atoms with Crippen LogP contribution in [-0.4, -0.2) is 0 Å². The molecule has 0 aliphatic rings. The molecule has 0 spiro atoms. The summed E-state index contributed by atoms with van der Waals surface area (Å²) < 4.78 is 9.47. The molecule has 0 N–H and O–H groups in total. The summed E-state index contributed by atoms with van der Waals surface area (Å²) >= 11 is 1.87. The van der Waals surface area contributed by atoms with Gasteiger partial charge in [0.05, 0.1) is 0 Å². The van der Waals surface area contributed by atoms with Crippen LogP contribution in [0.4, 0.5) is 17.1 Å². The molecule has 0 aliphatic heterocycles. The number of anilines is 3. The maximum absolute atomic E-state index is 6.83. The number of furan rings is 1. The highest BCUT2D eigenvalue weighted by atomic mass is 32.1. The Hall–Kier alpha value is -6.68. The van der Waals surface area contributed by atoms with Crippen molar-refractivity contribution in [3.8, 4) is 22.3 Å². The van der Waals surface area contributed by atoms with Gasteiger partial charge in [0.25, 0.3) is 0 Å². The van der Waals surface area contributed by atoms with Crippen molar-refractivity contribution < 1.29 is 4.42 Å². The van der Waals surface area contributed by atoms with Crippen molar-refractivity contribution >= 4 is 92.1 Å². The van der Waals surface area contributed by atoms with E-state index in [0.717, 1.165) is 39.0 Å². The van der Waals surface area contributed by atoms with E-state index < -0.39 is 0 Å². The molecule has 2 aromatic heterocycles. The predicted molar refractivity (Wildman–Crippen MR) is 227 cm³/mol. The van der Waals surface area contributed by atoms with Crippen LogP contribution in [0.2, 0.25) is 0 Å². The first-order valence-electron chi connectivity index (χ1n) is 18.0. The monoisotopic (exact) mass is 693 g/mol. The highest BCUT2D eigenvalue weighted by Crippen LogP contribution is 2.45. The van der Waals surface area contributed by atoms with Gasteiger partial charge in [-0.3, -0.25) is 0 Å². The molecule has 2 nitrogen and oxygen atoms in total. The zero-order chi connectivity index (χ0) is 34.9. The van der Waals surface area contributed by atoms with E-state index in [9.17, 15) is 0 Å². The second kappa shape index (κ2) is 11.9. The number of nitrogens with zero attached hydrogens (tertiary/aromatic N) is 1. The summed E-state index contributed by atoms with van der Waals surface area (Å²) in [5.74, 6) is 0. The van der Waals surface area contributed by atoms with Gasteiger partial charge in [0, 0.05) is 59.5 Å². The van der Waals surface area contributed by atoms with Gasteiger partial charge in [0.1, 0.15) is 11.2 Å². The van der Waals surface area contributed by atoms with Crippen molar-refractivity contribution in [1.82, 2.24) is 0 Å². The Morgan fingerprint density at radius 2 is 0.943 bits per heavy atom. The normalized spacial score (nSPS) is 11.8. The molecule has 248 valence electrons. The van der Waals surface area contributed by atoms with E-state index in [1.54, 1.807) is 0 Å². The molecule has 0 aliphatic carbocycles. The van der Waals surface area contributed by atoms with E-state index in [1.807, 2.05) is 11.3 Å². The van der Waals surface area contributed by atoms with Gasteiger partial charge in [0.15, 0.2) is 0 Å². The lowest BCUT2D eigenvalue weighted by molar-refractivity contribution is 0.673. The van der Waals surface area contributed by atoms with Gasteiger partial charge in [-0.05, 0) is 80.9 Å². The molecule has 0 saturated heterocycles. The summed E-state index contributed by atoms with van der Waals surface area (Å²) in [5.41, 5.74) is 9.86.